The van der Waals surface area contributed by atoms with Crippen LogP contribution in [0.3, 0.4) is 0 Å². The Balaban J connectivity index is 3.22. The van der Waals surface area contributed by atoms with Crippen molar-refractivity contribution in [2.45, 2.75) is 12.8 Å². The maximum Gasteiger partial charge on any atom is 0.311 e. The Labute approximate surface area is 103 Å². The smallest absolute Gasteiger partial charge is 0.311 e. The quantitative estimate of drug-likeness (QED) is 0.756. The molecule has 7 heteroatoms. The molecule has 0 saturated heterocycles. The summed E-state index contributed by atoms with van der Waals surface area (Å²) in [5.41, 5.74) is -0.238. The van der Waals surface area contributed by atoms with Crippen LogP contribution in [0.25, 0.3) is 0 Å². The van der Waals surface area contributed by atoms with Crippen molar-refractivity contribution in [3.8, 4) is 11.6 Å². The summed E-state index contributed by atoms with van der Waals surface area (Å²) >= 11 is 0. The summed E-state index contributed by atoms with van der Waals surface area (Å²) < 4.78 is 39.8. The van der Waals surface area contributed by atoms with E-state index in [2.05, 4.69) is 9.72 Å². The van der Waals surface area contributed by atoms with Crippen LogP contribution in [0.4, 0.5) is 8.78 Å². The summed E-state index contributed by atoms with van der Waals surface area (Å²) in [6.45, 7) is 0. The maximum absolute atomic E-state index is 12.9. The normalized spacial score (nSPS) is 10.3. The Hall–Kier alpha value is -1.92. The third kappa shape index (κ3) is 3.06. The van der Waals surface area contributed by atoms with Gasteiger partial charge in [-0.25, -0.2) is 13.8 Å². The van der Waals surface area contributed by atoms with Gasteiger partial charge in [-0.3, -0.25) is 4.79 Å². The molecule has 1 aromatic heterocycles. The van der Waals surface area contributed by atoms with Crippen LogP contribution in [0.1, 0.15) is 17.7 Å². The molecule has 0 amide bonds. The van der Waals surface area contributed by atoms with E-state index in [0.29, 0.717) is 0 Å². The number of hydrogen-bond donors (Lipinski definition) is 0. The van der Waals surface area contributed by atoms with Crippen LogP contribution in [0.2, 0.25) is 0 Å². The number of ether oxygens (including phenoxy) is 3. The summed E-state index contributed by atoms with van der Waals surface area (Å²) in [5.74, 6) is -0.801. The predicted molar refractivity (Wildman–Crippen MR) is 58.0 cm³/mol. The lowest BCUT2D eigenvalue weighted by Gasteiger charge is -2.13. The Morgan fingerprint density at radius 2 is 2.00 bits per heavy atom. The van der Waals surface area contributed by atoms with Crippen LogP contribution in [-0.2, 0) is 16.0 Å². The van der Waals surface area contributed by atoms with Gasteiger partial charge in [0.05, 0.1) is 39.0 Å². The van der Waals surface area contributed by atoms with Crippen LogP contribution < -0.4 is 9.47 Å². The van der Waals surface area contributed by atoms with E-state index in [-0.39, 0.29) is 29.3 Å². The molecule has 0 saturated carbocycles. The standard InChI is InChI=1S/C11H13F2NO4/c1-16-8(15)5-6-4-7(10(12)13)9(17-2)11(14-6)18-3/h4,10H,5H2,1-3H3. The monoisotopic (exact) mass is 261 g/mol. The Kier molecular flexibility index (Phi) is 4.82. The molecular weight excluding hydrogens is 248 g/mol. The summed E-state index contributed by atoms with van der Waals surface area (Å²) in [6.07, 6.45) is -2.97. The highest BCUT2D eigenvalue weighted by atomic mass is 19.3. The maximum atomic E-state index is 12.9. The zero-order chi connectivity index (χ0) is 13.7. The van der Waals surface area contributed by atoms with Gasteiger partial charge in [0.15, 0.2) is 5.75 Å². The second-order valence-electron chi connectivity index (χ2n) is 3.30. The number of halogens is 2. The Morgan fingerprint density at radius 1 is 1.33 bits per heavy atom. The molecule has 1 aromatic rings. The van der Waals surface area contributed by atoms with Crippen molar-refractivity contribution in [3.05, 3.63) is 17.3 Å². The minimum atomic E-state index is -2.76. The number of nitrogens with zero attached hydrogens (tertiary/aromatic N) is 1. The lowest BCUT2D eigenvalue weighted by Crippen LogP contribution is -2.09. The van der Waals surface area contributed by atoms with E-state index in [4.69, 9.17) is 9.47 Å². The lowest BCUT2D eigenvalue weighted by molar-refractivity contribution is -0.139. The van der Waals surface area contributed by atoms with Crippen LogP contribution >= 0.6 is 0 Å². The van der Waals surface area contributed by atoms with Crippen LogP contribution in [0.5, 0.6) is 11.6 Å². The molecule has 100 valence electrons. The molecule has 1 heterocycles. The van der Waals surface area contributed by atoms with Crippen molar-refractivity contribution in [3.63, 3.8) is 0 Å². The second-order valence-corrected chi connectivity index (χ2v) is 3.30. The number of carbonyl (C=O) groups is 1. The molecular formula is C11H13F2NO4. The van der Waals surface area contributed by atoms with Gasteiger partial charge in [-0.2, -0.15) is 0 Å². The minimum Gasteiger partial charge on any atom is -0.491 e. The minimum absolute atomic E-state index is 0.0887. The van der Waals surface area contributed by atoms with Gasteiger partial charge in [0, 0.05) is 0 Å². The van der Waals surface area contributed by atoms with Crippen molar-refractivity contribution >= 4 is 5.97 Å². The zero-order valence-electron chi connectivity index (χ0n) is 10.2. The van der Waals surface area contributed by atoms with E-state index < -0.39 is 12.4 Å². The molecule has 0 aliphatic heterocycles. The van der Waals surface area contributed by atoms with Crippen molar-refractivity contribution in [2.24, 2.45) is 0 Å². The summed E-state index contributed by atoms with van der Waals surface area (Å²) in [4.78, 5) is 15.0. The van der Waals surface area contributed by atoms with E-state index in [0.717, 1.165) is 6.07 Å². The number of methoxy groups -OCH3 is 3. The fourth-order valence-electron chi connectivity index (χ4n) is 1.40. The Bertz CT molecular complexity index is 437. The molecule has 0 aromatic carbocycles. The summed E-state index contributed by atoms with van der Waals surface area (Å²) in [6, 6.07) is 1.10. The average Bonchev–Trinajstić information content (AvgIpc) is 2.37. The molecule has 0 aliphatic carbocycles. The van der Waals surface area contributed by atoms with Crippen molar-refractivity contribution in [1.29, 1.82) is 0 Å². The first-order valence-corrected chi connectivity index (χ1v) is 5.00. The van der Waals surface area contributed by atoms with Gasteiger partial charge in [0.25, 0.3) is 12.3 Å². The molecule has 0 fully saturated rings. The summed E-state index contributed by atoms with van der Waals surface area (Å²) in [5, 5.41) is 0. The molecule has 0 bridgehead atoms. The first-order chi connectivity index (χ1) is 8.53. The van der Waals surface area contributed by atoms with E-state index in [1.165, 1.54) is 21.3 Å². The molecule has 5 nitrogen and oxygen atoms in total. The first-order valence-electron chi connectivity index (χ1n) is 5.00. The number of rotatable bonds is 5. The highest BCUT2D eigenvalue weighted by Gasteiger charge is 2.21. The number of esters is 1. The number of alkyl halides is 2. The Morgan fingerprint density at radius 3 is 2.44 bits per heavy atom. The molecule has 0 aliphatic rings. The van der Waals surface area contributed by atoms with Crippen molar-refractivity contribution < 1.29 is 27.8 Å². The van der Waals surface area contributed by atoms with Gasteiger partial charge in [-0.15, -0.1) is 0 Å². The zero-order valence-corrected chi connectivity index (χ0v) is 10.2. The van der Waals surface area contributed by atoms with Crippen LogP contribution in [0, 0.1) is 0 Å². The molecule has 0 spiro atoms. The first kappa shape index (κ1) is 14.1. The molecule has 0 atom stereocenters. The second kappa shape index (κ2) is 6.13. The van der Waals surface area contributed by atoms with E-state index in [1.807, 2.05) is 0 Å². The third-order valence-electron chi connectivity index (χ3n) is 2.21. The van der Waals surface area contributed by atoms with Gasteiger partial charge in [0.2, 0.25) is 0 Å². The fraction of sp³-hybridized carbons (Fsp3) is 0.455. The van der Waals surface area contributed by atoms with Crippen molar-refractivity contribution in [2.75, 3.05) is 21.3 Å². The highest BCUT2D eigenvalue weighted by Crippen LogP contribution is 2.36. The van der Waals surface area contributed by atoms with Crippen LogP contribution in [0.15, 0.2) is 6.07 Å². The van der Waals surface area contributed by atoms with Gasteiger partial charge in [-0.05, 0) is 6.07 Å². The number of pyridine rings is 1. The third-order valence-corrected chi connectivity index (χ3v) is 2.21. The number of carbonyl (C=O) groups excluding carboxylic acids is 1. The van der Waals surface area contributed by atoms with Crippen LogP contribution in [-0.4, -0.2) is 32.3 Å². The van der Waals surface area contributed by atoms with Gasteiger partial charge in [0.1, 0.15) is 0 Å². The topological polar surface area (TPSA) is 57.7 Å². The largest absolute Gasteiger partial charge is 0.491 e. The predicted octanol–water partition coefficient (Wildman–Crippen LogP) is 1.75. The van der Waals surface area contributed by atoms with Gasteiger partial charge >= 0.3 is 5.97 Å². The average molecular weight is 261 g/mol. The molecule has 18 heavy (non-hydrogen) atoms. The van der Waals surface area contributed by atoms with Crippen molar-refractivity contribution in [1.82, 2.24) is 4.98 Å². The van der Waals surface area contributed by atoms with E-state index >= 15 is 0 Å². The molecule has 0 N–H and O–H groups in total. The molecule has 1 rings (SSSR count). The van der Waals surface area contributed by atoms with Gasteiger partial charge < -0.3 is 14.2 Å². The lowest BCUT2D eigenvalue weighted by atomic mass is 10.1. The van der Waals surface area contributed by atoms with E-state index in [1.54, 1.807) is 0 Å². The molecule has 0 unspecified atom stereocenters. The van der Waals surface area contributed by atoms with Gasteiger partial charge in [-0.1, -0.05) is 0 Å². The van der Waals surface area contributed by atoms with E-state index in [9.17, 15) is 13.6 Å². The highest BCUT2D eigenvalue weighted by molar-refractivity contribution is 5.72. The summed E-state index contributed by atoms with van der Waals surface area (Å²) in [7, 11) is 3.73. The fourth-order valence-corrected chi connectivity index (χ4v) is 1.40. The molecule has 0 radical (unpaired) electrons. The number of aromatic nitrogens is 1. The number of hydrogen-bond acceptors (Lipinski definition) is 5. The SMILES string of the molecule is COC(=O)Cc1cc(C(F)F)c(OC)c(OC)n1.